The summed E-state index contributed by atoms with van der Waals surface area (Å²) >= 11 is 0. The van der Waals surface area contributed by atoms with Crippen LogP contribution in [0.3, 0.4) is 0 Å². The van der Waals surface area contributed by atoms with Crippen LogP contribution in [0.5, 0.6) is 0 Å². The number of amides is 1. The molecule has 1 heterocycles. The lowest BCUT2D eigenvalue weighted by Gasteiger charge is -2.15. The fraction of sp³-hybridized carbons (Fsp3) is 0.238. The summed E-state index contributed by atoms with van der Waals surface area (Å²) in [5.74, 6) is -0.847. The minimum absolute atomic E-state index is 0.128. The van der Waals surface area contributed by atoms with Crippen LogP contribution in [0.1, 0.15) is 35.7 Å². The highest BCUT2D eigenvalue weighted by atomic mass is 19.1. The van der Waals surface area contributed by atoms with Crippen molar-refractivity contribution < 1.29 is 18.7 Å². The van der Waals surface area contributed by atoms with E-state index in [0.717, 1.165) is 16.5 Å². The molecule has 0 bridgehead atoms. The summed E-state index contributed by atoms with van der Waals surface area (Å²) < 4.78 is 18.6. The normalized spacial score (nSPS) is 14.7. The average Bonchev–Trinajstić information content (AvgIpc) is 3.36. The Morgan fingerprint density at radius 1 is 1.19 bits per heavy atom. The monoisotopic (exact) mass is 366 g/mol. The first-order valence-corrected chi connectivity index (χ1v) is 8.89. The minimum Gasteiger partial charge on any atom is -0.462 e. The Bertz CT molecular complexity index is 1020. The van der Waals surface area contributed by atoms with Gasteiger partial charge >= 0.3 is 5.97 Å². The van der Waals surface area contributed by atoms with Crippen LogP contribution in [0.4, 0.5) is 10.1 Å². The molecule has 4 rings (SSSR count). The van der Waals surface area contributed by atoms with E-state index in [2.05, 4.69) is 10.3 Å². The van der Waals surface area contributed by atoms with Gasteiger partial charge < -0.3 is 15.0 Å². The number of halogens is 1. The van der Waals surface area contributed by atoms with E-state index in [-0.39, 0.29) is 11.7 Å². The summed E-state index contributed by atoms with van der Waals surface area (Å²) in [6, 6.07) is 11.1. The summed E-state index contributed by atoms with van der Waals surface area (Å²) in [7, 11) is 0. The first kappa shape index (κ1) is 17.3. The molecule has 2 N–H and O–H groups in total. The lowest BCUT2D eigenvalue weighted by molar-refractivity contribution is -0.118. The quantitative estimate of drug-likeness (QED) is 0.666. The number of carbonyl (C=O) groups excluding carboxylic acids is 2. The van der Waals surface area contributed by atoms with Crippen LogP contribution in [0.2, 0.25) is 0 Å². The van der Waals surface area contributed by atoms with E-state index >= 15 is 0 Å². The second-order valence-corrected chi connectivity index (χ2v) is 6.73. The lowest BCUT2D eigenvalue weighted by atomic mass is 9.94. The Hall–Kier alpha value is -3.15. The van der Waals surface area contributed by atoms with E-state index in [0.29, 0.717) is 30.7 Å². The molecule has 2 aromatic carbocycles. The molecule has 138 valence electrons. The molecule has 27 heavy (non-hydrogen) atoms. The predicted molar refractivity (Wildman–Crippen MR) is 100 cm³/mol. The molecule has 1 aromatic heterocycles. The number of nitrogens with one attached hydrogen (secondary N) is 2. The number of carbonyl (C=O) groups is 2. The Kier molecular flexibility index (Phi) is 4.18. The number of benzene rings is 2. The Labute approximate surface area is 155 Å². The van der Waals surface area contributed by atoms with Crippen LogP contribution in [0, 0.1) is 5.82 Å². The molecule has 1 fully saturated rings. The van der Waals surface area contributed by atoms with Crippen molar-refractivity contribution in [1.82, 2.24) is 4.98 Å². The number of anilines is 1. The third kappa shape index (κ3) is 3.07. The fourth-order valence-corrected chi connectivity index (χ4v) is 3.39. The van der Waals surface area contributed by atoms with Gasteiger partial charge in [0.25, 0.3) is 0 Å². The van der Waals surface area contributed by atoms with Gasteiger partial charge in [0.2, 0.25) is 5.91 Å². The number of rotatable bonds is 5. The molecule has 0 unspecified atom stereocenters. The first-order valence-electron chi connectivity index (χ1n) is 8.89. The van der Waals surface area contributed by atoms with Crippen molar-refractivity contribution in [3.05, 3.63) is 65.6 Å². The van der Waals surface area contributed by atoms with Crippen molar-refractivity contribution in [3.8, 4) is 0 Å². The van der Waals surface area contributed by atoms with Gasteiger partial charge in [-0.25, -0.2) is 9.18 Å². The molecular formula is C21H19FN2O3. The summed E-state index contributed by atoms with van der Waals surface area (Å²) in [4.78, 5) is 27.8. The highest BCUT2D eigenvalue weighted by Crippen LogP contribution is 2.51. The summed E-state index contributed by atoms with van der Waals surface area (Å²) in [6.07, 6.45) is 3.22. The van der Waals surface area contributed by atoms with Crippen molar-refractivity contribution in [1.29, 1.82) is 0 Å². The van der Waals surface area contributed by atoms with E-state index in [1.165, 1.54) is 12.1 Å². The molecule has 3 aromatic rings. The van der Waals surface area contributed by atoms with Gasteiger partial charge in [-0.15, -0.1) is 0 Å². The Morgan fingerprint density at radius 3 is 2.59 bits per heavy atom. The van der Waals surface area contributed by atoms with Gasteiger partial charge in [0, 0.05) is 22.8 Å². The van der Waals surface area contributed by atoms with Gasteiger partial charge in [-0.05, 0) is 67.8 Å². The number of fused-ring (bicyclic) bond motifs is 1. The van der Waals surface area contributed by atoms with Crippen LogP contribution in [-0.2, 0) is 14.9 Å². The standard InChI is InChI=1S/C21H19FN2O3/c1-2-27-19(25)13-3-6-15(7-4-13)24-20(26)21(9-10-21)17-12-23-18-8-5-14(22)11-16(17)18/h3-8,11-12,23H,2,9-10H2,1H3,(H,24,26). The average molecular weight is 366 g/mol. The molecule has 0 spiro atoms. The van der Waals surface area contributed by atoms with E-state index in [1.54, 1.807) is 43.5 Å². The Balaban J connectivity index is 1.55. The molecule has 1 amide bonds. The van der Waals surface area contributed by atoms with Crippen LogP contribution in [0.15, 0.2) is 48.7 Å². The second kappa shape index (κ2) is 6.54. The van der Waals surface area contributed by atoms with Gasteiger partial charge in [0.1, 0.15) is 5.82 Å². The number of hydrogen-bond acceptors (Lipinski definition) is 3. The Morgan fingerprint density at radius 2 is 1.93 bits per heavy atom. The highest BCUT2D eigenvalue weighted by molar-refractivity contribution is 6.04. The van der Waals surface area contributed by atoms with Gasteiger partial charge in [0.15, 0.2) is 0 Å². The largest absolute Gasteiger partial charge is 0.462 e. The molecule has 1 saturated carbocycles. The molecule has 1 aliphatic rings. The van der Waals surface area contributed by atoms with Gasteiger partial charge in [0.05, 0.1) is 17.6 Å². The summed E-state index contributed by atoms with van der Waals surface area (Å²) in [6.45, 7) is 2.06. The molecule has 0 saturated heterocycles. The van der Waals surface area contributed by atoms with E-state index < -0.39 is 11.4 Å². The first-order chi connectivity index (χ1) is 13.0. The maximum absolute atomic E-state index is 13.7. The van der Waals surface area contributed by atoms with Crippen LogP contribution < -0.4 is 5.32 Å². The highest BCUT2D eigenvalue weighted by Gasteiger charge is 2.52. The van der Waals surface area contributed by atoms with Crippen LogP contribution in [0.25, 0.3) is 10.9 Å². The van der Waals surface area contributed by atoms with Gasteiger partial charge in [-0.2, -0.15) is 0 Å². The topological polar surface area (TPSA) is 71.2 Å². The molecule has 1 aliphatic carbocycles. The number of aromatic amines is 1. The van der Waals surface area contributed by atoms with Crippen molar-refractivity contribution in [3.63, 3.8) is 0 Å². The molecule has 0 atom stereocenters. The fourth-order valence-electron chi connectivity index (χ4n) is 3.39. The minimum atomic E-state index is -0.647. The maximum Gasteiger partial charge on any atom is 0.338 e. The number of aromatic nitrogens is 1. The smallest absolute Gasteiger partial charge is 0.338 e. The third-order valence-electron chi connectivity index (χ3n) is 5.00. The van der Waals surface area contributed by atoms with Crippen LogP contribution >= 0.6 is 0 Å². The number of hydrogen-bond donors (Lipinski definition) is 2. The zero-order valence-corrected chi connectivity index (χ0v) is 14.8. The van der Waals surface area contributed by atoms with Crippen molar-refractivity contribution in [2.45, 2.75) is 25.2 Å². The molecule has 0 aliphatic heterocycles. The maximum atomic E-state index is 13.7. The van der Waals surface area contributed by atoms with E-state index in [4.69, 9.17) is 4.74 Å². The number of H-pyrrole nitrogens is 1. The molecular weight excluding hydrogens is 347 g/mol. The summed E-state index contributed by atoms with van der Waals surface area (Å²) in [5, 5.41) is 3.65. The summed E-state index contributed by atoms with van der Waals surface area (Å²) in [5.41, 5.74) is 2.02. The van der Waals surface area contributed by atoms with E-state index in [1.807, 2.05) is 0 Å². The second-order valence-electron chi connectivity index (χ2n) is 6.73. The zero-order chi connectivity index (χ0) is 19.0. The SMILES string of the molecule is CCOC(=O)c1ccc(NC(=O)C2(c3c[nH]c4ccc(F)cc34)CC2)cc1. The predicted octanol–water partition coefficient (Wildman–Crippen LogP) is 4.15. The van der Waals surface area contributed by atoms with Crippen LogP contribution in [-0.4, -0.2) is 23.5 Å². The number of ether oxygens (including phenoxy) is 1. The van der Waals surface area contributed by atoms with E-state index in [9.17, 15) is 14.0 Å². The molecule has 0 radical (unpaired) electrons. The van der Waals surface area contributed by atoms with Gasteiger partial charge in [-0.3, -0.25) is 4.79 Å². The molecule has 6 heteroatoms. The third-order valence-corrected chi connectivity index (χ3v) is 5.00. The van der Waals surface area contributed by atoms with Crippen molar-refractivity contribution in [2.24, 2.45) is 0 Å². The van der Waals surface area contributed by atoms with Crippen molar-refractivity contribution in [2.75, 3.05) is 11.9 Å². The zero-order valence-electron chi connectivity index (χ0n) is 14.8. The lowest BCUT2D eigenvalue weighted by Crippen LogP contribution is -2.27. The van der Waals surface area contributed by atoms with Gasteiger partial charge in [-0.1, -0.05) is 0 Å². The molecule has 5 nitrogen and oxygen atoms in total. The van der Waals surface area contributed by atoms with Crippen molar-refractivity contribution >= 4 is 28.5 Å². The number of esters is 1.